The molecule has 0 saturated carbocycles. The molecule has 2 saturated heterocycles. The maximum atomic E-state index is 12.9. The molecule has 8 nitrogen and oxygen atoms in total. The third-order valence-electron chi connectivity index (χ3n) is 6.15. The van der Waals surface area contributed by atoms with E-state index in [4.69, 9.17) is 0 Å². The number of allylic oxidation sites excluding steroid dienone is 1. The Bertz CT molecular complexity index is 933. The Morgan fingerprint density at radius 3 is 2.53 bits per heavy atom. The minimum Gasteiger partial charge on any atom is -0.329 e. The van der Waals surface area contributed by atoms with Gasteiger partial charge in [0.25, 0.3) is 11.8 Å². The minimum atomic E-state index is -0.842. The van der Waals surface area contributed by atoms with Crippen LogP contribution in [-0.4, -0.2) is 59.6 Å². The van der Waals surface area contributed by atoms with E-state index >= 15 is 0 Å². The van der Waals surface area contributed by atoms with Gasteiger partial charge in [-0.25, -0.2) is 0 Å². The molecule has 4 amide bonds. The third kappa shape index (κ3) is 3.87. The van der Waals surface area contributed by atoms with Crippen LogP contribution < -0.4 is 10.6 Å². The number of imide groups is 1. The quantitative estimate of drug-likeness (QED) is 0.737. The summed E-state index contributed by atoms with van der Waals surface area (Å²) in [5.74, 6) is -1.12. The van der Waals surface area contributed by atoms with E-state index in [-0.39, 0.29) is 17.0 Å². The monoisotopic (exact) mass is 410 g/mol. The van der Waals surface area contributed by atoms with Gasteiger partial charge in [0.05, 0.1) is 11.1 Å². The number of hydrogen-bond acceptors (Lipinski definition) is 5. The summed E-state index contributed by atoms with van der Waals surface area (Å²) >= 11 is 0. The highest BCUT2D eigenvalue weighted by Crippen LogP contribution is 2.30. The number of nitrogens with one attached hydrogen (secondary N) is 2. The van der Waals surface area contributed by atoms with Crippen molar-refractivity contribution in [1.82, 2.24) is 15.1 Å². The highest BCUT2D eigenvalue weighted by atomic mass is 16.2. The van der Waals surface area contributed by atoms with Gasteiger partial charge in [-0.1, -0.05) is 6.58 Å². The summed E-state index contributed by atoms with van der Waals surface area (Å²) in [6.45, 7) is 5.71. The van der Waals surface area contributed by atoms with Gasteiger partial charge in [-0.3, -0.25) is 24.1 Å². The Morgan fingerprint density at radius 1 is 1.13 bits per heavy atom. The van der Waals surface area contributed by atoms with Gasteiger partial charge in [-0.15, -0.1) is 0 Å². The van der Waals surface area contributed by atoms with Crippen molar-refractivity contribution in [2.24, 2.45) is 5.92 Å². The summed E-state index contributed by atoms with van der Waals surface area (Å²) in [5, 5.41) is 5.46. The molecule has 2 fully saturated rings. The first kappa shape index (κ1) is 20.3. The summed E-state index contributed by atoms with van der Waals surface area (Å²) in [7, 11) is 2.08. The maximum absolute atomic E-state index is 12.9. The number of benzene rings is 1. The first-order valence-electron chi connectivity index (χ1n) is 10.3. The SMILES string of the molecule is C=C1CCC(N2C(=O)c3ccc(NC(=O)CC4CCN(C)CC4)cc3C2=O)C(=O)N1. The molecular weight excluding hydrogens is 384 g/mol. The average molecular weight is 410 g/mol. The summed E-state index contributed by atoms with van der Waals surface area (Å²) < 4.78 is 0. The van der Waals surface area contributed by atoms with Gasteiger partial charge >= 0.3 is 0 Å². The number of carbonyl (C=O) groups is 4. The fourth-order valence-corrected chi connectivity index (χ4v) is 4.37. The normalized spacial score (nSPS) is 22.8. The molecule has 158 valence electrons. The topological polar surface area (TPSA) is 98.8 Å². The summed E-state index contributed by atoms with van der Waals surface area (Å²) in [4.78, 5) is 53.7. The van der Waals surface area contributed by atoms with Crippen molar-refractivity contribution < 1.29 is 19.2 Å². The van der Waals surface area contributed by atoms with Crippen LogP contribution >= 0.6 is 0 Å². The first-order valence-corrected chi connectivity index (χ1v) is 10.3. The highest BCUT2D eigenvalue weighted by molar-refractivity contribution is 6.23. The third-order valence-corrected chi connectivity index (χ3v) is 6.15. The van der Waals surface area contributed by atoms with Gasteiger partial charge in [0.2, 0.25) is 11.8 Å². The Hall–Kier alpha value is -3.00. The number of fused-ring (bicyclic) bond motifs is 1. The summed E-state index contributed by atoms with van der Waals surface area (Å²) in [5.41, 5.74) is 1.54. The molecule has 2 N–H and O–H groups in total. The van der Waals surface area contributed by atoms with Gasteiger partial charge in [0.1, 0.15) is 6.04 Å². The average Bonchev–Trinajstić information content (AvgIpc) is 2.94. The second-order valence-electron chi connectivity index (χ2n) is 8.39. The van der Waals surface area contributed by atoms with Crippen molar-refractivity contribution in [1.29, 1.82) is 0 Å². The standard InChI is InChI=1S/C22H26N4O4/c1-13-3-6-18(20(28)23-13)26-21(29)16-5-4-15(12-17(16)22(26)30)24-19(27)11-14-7-9-25(2)10-8-14/h4-5,12,14,18H,1,3,6-11H2,2H3,(H,23,28)(H,24,27). The van der Waals surface area contributed by atoms with Gasteiger partial charge in [-0.2, -0.15) is 0 Å². The number of nitrogens with zero attached hydrogens (tertiary/aromatic N) is 2. The molecule has 0 aromatic heterocycles. The van der Waals surface area contributed by atoms with Crippen LogP contribution in [-0.2, 0) is 9.59 Å². The number of amides is 4. The Kier molecular flexibility index (Phi) is 5.42. The number of carbonyl (C=O) groups excluding carboxylic acids is 4. The van der Waals surface area contributed by atoms with Crippen molar-refractivity contribution in [2.45, 2.75) is 38.1 Å². The van der Waals surface area contributed by atoms with Crippen molar-refractivity contribution in [2.75, 3.05) is 25.5 Å². The van der Waals surface area contributed by atoms with E-state index in [0.29, 0.717) is 36.6 Å². The molecule has 30 heavy (non-hydrogen) atoms. The fourth-order valence-electron chi connectivity index (χ4n) is 4.37. The zero-order valence-corrected chi connectivity index (χ0v) is 17.1. The molecule has 4 rings (SSSR count). The molecule has 1 aromatic rings. The molecule has 3 heterocycles. The number of hydrogen-bond donors (Lipinski definition) is 2. The summed E-state index contributed by atoms with van der Waals surface area (Å²) in [6.07, 6.45) is 3.30. The molecule has 0 radical (unpaired) electrons. The van der Waals surface area contributed by atoms with Crippen molar-refractivity contribution in [3.63, 3.8) is 0 Å². The summed E-state index contributed by atoms with van der Waals surface area (Å²) in [6, 6.07) is 3.86. The lowest BCUT2D eigenvalue weighted by Gasteiger charge is -2.29. The number of likely N-dealkylation sites (tertiary alicyclic amines) is 1. The van der Waals surface area contributed by atoms with Crippen molar-refractivity contribution in [3.05, 3.63) is 41.6 Å². The predicted octanol–water partition coefficient (Wildman–Crippen LogP) is 1.75. The van der Waals surface area contributed by atoms with Crippen LogP contribution in [0.5, 0.6) is 0 Å². The molecule has 0 bridgehead atoms. The van der Waals surface area contributed by atoms with E-state index in [1.54, 1.807) is 12.1 Å². The molecule has 1 aromatic carbocycles. The van der Waals surface area contributed by atoms with E-state index in [0.717, 1.165) is 30.8 Å². The zero-order chi connectivity index (χ0) is 21.4. The lowest BCUT2D eigenvalue weighted by Crippen LogP contribution is -2.51. The number of anilines is 1. The molecule has 1 atom stereocenters. The van der Waals surface area contributed by atoms with Gasteiger partial charge in [0, 0.05) is 17.8 Å². The van der Waals surface area contributed by atoms with Crippen LogP contribution in [0.4, 0.5) is 5.69 Å². The van der Waals surface area contributed by atoms with Crippen LogP contribution in [0.25, 0.3) is 0 Å². The molecule has 0 aliphatic carbocycles. The second kappa shape index (κ2) is 8.02. The lowest BCUT2D eigenvalue weighted by molar-refractivity contribution is -0.125. The van der Waals surface area contributed by atoms with E-state index in [9.17, 15) is 19.2 Å². The Morgan fingerprint density at radius 2 is 1.83 bits per heavy atom. The predicted molar refractivity (Wildman–Crippen MR) is 111 cm³/mol. The van der Waals surface area contributed by atoms with Crippen LogP contribution in [0.15, 0.2) is 30.5 Å². The van der Waals surface area contributed by atoms with Crippen LogP contribution in [0, 0.1) is 5.92 Å². The number of rotatable bonds is 4. The molecular formula is C22H26N4O4. The number of piperidine rings is 2. The fraction of sp³-hybridized carbons (Fsp3) is 0.455. The minimum absolute atomic E-state index is 0.0942. The van der Waals surface area contributed by atoms with Crippen molar-refractivity contribution >= 4 is 29.3 Å². The molecule has 1 unspecified atom stereocenters. The molecule has 3 aliphatic heterocycles. The van der Waals surface area contributed by atoms with E-state index in [1.165, 1.54) is 6.07 Å². The molecule has 0 spiro atoms. The smallest absolute Gasteiger partial charge is 0.262 e. The van der Waals surface area contributed by atoms with Crippen molar-refractivity contribution in [3.8, 4) is 0 Å². The van der Waals surface area contributed by atoms with E-state index in [1.807, 2.05) is 0 Å². The molecule has 8 heteroatoms. The Balaban J connectivity index is 1.45. The largest absolute Gasteiger partial charge is 0.329 e. The molecule has 3 aliphatic rings. The maximum Gasteiger partial charge on any atom is 0.262 e. The van der Waals surface area contributed by atoms with Gasteiger partial charge in [-0.05, 0) is 69.9 Å². The first-order chi connectivity index (χ1) is 14.3. The van der Waals surface area contributed by atoms with Crippen LogP contribution in [0.1, 0.15) is 52.8 Å². The zero-order valence-electron chi connectivity index (χ0n) is 17.1. The van der Waals surface area contributed by atoms with E-state index < -0.39 is 23.8 Å². The lowest BCUT2D eigenvalue weighted by atomic mass is 9.93. The highest BCUT2D eigenvalue weighted by Gasteiger charge is 2.44. The Labute approximate surface area is 175 Å². The van der Waals surface area contributed by atoms with E-state index in [2.05, 4.69) is 29.2 Å². The van der Waals surface area contributed by atoms with Crippen LogP contribution in [0.3, 0.4) is 0 Å². The van der Waals surface area contributed by atoms with Gasteiger partial charge in [0.15, 0.2) is 0 Å². The van der Waals surface area contributed by atoms with Gasteiger partial charge < -0.3 is 15.5 Å². The van der Waals surface area contributed by atoms with Crippen LogP contribution in [0.2, 0.25) is 0 Å². The second-order valence-corrected chi connectivity index (χ2v) is 8.39.